The summed E-state index contributed by atoms with van der Waals surface area (Å²) in [4.78, 5) is 23.1. The van der Waals surface area contributed by atoms with Crippen molar-refractivity contribution in [2.45, 2.75) is 25.0 Å². The number of thioether (sulfide) groups is 1. The van der Waals surface area contributed by atoms with Crippen LogP contribution in [0.3, 0.4) is 0 Å². The first kappa shape index (κ1) is 19.1. The number of aryl methyl sites for hydroxylation is 1. The molecule has 0 bridgehead atoms. The molecule has 1 amide bonds. The maximum absolute atomic E-state index is 12.2. The van der Waals surface area contributed by atoms with Gasteiger partial charge in [-0.1, -0.05) is 25.6 Å². The van der Waals surface area contributed by atoms with Crippen LogP contribution in [0.4, 0.5) is 0 Å². The molecule has 2 aromatic heterocycles. The molecule has 2 aromatic rings. The summed E-state index contributed by atoms with van der Waals surface area (Å²) in [5.74, 6) is 0.927. The first-order valence-electron chi connectivity index (χ1n) is 8.89. The molecule has 0 radical (unpaired) electrons. The number of carbonyl (C=O) groups is 1. The molecule has 3 heterocycles. The number of nitrogens with one attached hydrogen (secondary N) is 1. The average Bonchev–Trinajstić information content (AvgIpc) is 3.00. The molecule has 1 aliphatic rings. The zero-order valence-corrected chi connectivity index (χ0v) is 16.3. The summed E-state index contributed by atoms with van der Waals surface area (Å²) in [7, 11) is 1.84. The van der Waals surface area contributed by atoms with E-state index < -0.39 is 0 Å². The van der Waals surface area contributed by atoms with Gasteiger partial charge in [0.25, 0.3) is 0 Å². The molecule has 1 fully saturated rings. The Morgan fingerprint density at radius 2 is 2.31 bits per heavy atom. The number of rotatable bonds is 7. The number of morpholine rings is 1. The van der Waals surface area contributed by atoms with Crippen LogP contribution >= 0.6 is 11.8 Å². The van der Waals surface area contributed by atoms with Crippen molar-refractivity contribution in [3.8, 4) is 0 Å². The van der Waals surface area contributed by atoms with Gasteiger partial charge in [0.1, 0.15) is 11.4 Å². The lowest BCUT2D eigenvalue weighted by Gasteiger charge is -2.33. The van der Waals surface area contributed by atoms with Gasteiger partial charge < -0.3 is 10.1 Å². The van der Waals surface area contributed by atoms with E-state index in [9.17, 15) is 4.79 Å². The van der Waals surface area contributed by atoms with Gasteiger partial charge >= 0.3 is 0 Å². The van der Waals surface area contributed by atoms with Crippen LogP contribution in [0.2, 0.25) is 0 Å². The number of aromatic nitrogens is 4. The lowest BCUT2D eigenvalue weighted by atomic mass is 10.2. The first-order chi connectivity index (χ1) is 12.5. The topological polar surface area (TPSA) is 85.2 Å². The number of hydrogen-bond donors (Lipinski definition) is 1. The monoisotopic (exact) mass is 378 g/mol. The molecular formula is C17H26N6O2S. The Morgan fingerprint density at radius 3 is 3.12 bits per heavy atom. The van der Waals surface area contributed by atoms with Crippen molar-refractivity contribution in [3.05, 3.63) is 12.5 Å². The number of nitrogens with zero attached hydrogens (tertiary/aromatic N) is 5. The largest absolute Gasteiger partial charge is 0.374 e. The molecule has 0 aromatic carbocycles. The van der Waals surface area contributed by atoms with Gasteiger partial charge in [-0.25, -0.2) is 9.97 Å². The highest BCUT2D eigenvalue weighted by Gasteiger charge is 2.21. The predicted molar refractivity (Wildman–Crippen MR) is 101 cm³/mol. The summed E-state index contributed by atoms with van der Waals surface area (Å²) < 4.78 is 7.47. The van der Waals surface area contributed by atoms with Crippen LogP contribution in [-0.2, 0) is 16.6 Å². The number of carbonyl (C=O) groups excluding carboxylic acids is 1. The summed E-state index contributed by atoms with van der Waals surface area (Å²) in [6, 6.07) is 0. The lowest BCUT2D eigenvalue weighted by molar-refractivity contribution is -0.119. The van der Waals surface area contributed by atoms with Crippen molar-refractivity contribution in [2.75, 3.05) is 38.5 Å². The molecule has 1 aliphatic heterocycles. The third-order valence-corrected chi connectivity index (χ3v) is 5.21. The molecule has 1 unspecified atom stereocenters. The molecule has 0 saturated carbocycles. The summed E-state index contributed by atoms with van der Waals surface area (Å²) >= 11 is 1.40. The molecular weight excluding hydrogens is 352 g/mol. The predicted octanol–water partition coefficient (Wildman–Crippen LogP) is 0.928. The molecule has 26 heavy (non-hydrogen) atoms. The Bertz CT molecular complexity index is 750. The smallest absolute Gasteiger partial charge is 0.230 e. The second kappa shape index (κ2) is 8.79. The van der Waals surface area contributed by atoms with Crippen molar-refractivity contribution in [1.29, 1.82) is 0 Å². The first-order valence-corrected chi connectivity index (χ1v) is 9.87. The third kappa shape index (κ3) is 4.93. The number of ether oxygens (including phenoxy) is 1. The van der Waals surface area contributed by atoms with Crippen LogP contribution < -0.4 is 5.32 Å². The Kier molecular flexibility index (Phi) is 6.44. The summed E-state index contributed by atoms with van der Waals surface area (Å²) in [6.07, 6.45) is 3.29. The summed E-state index contributed by atoms with van der Waals surface area (Å²) in [6.45, 7) is 8.60. The second-order valence-electron chi connectivity index (χ2n) is 6.92. The van der Waals surface area contributed by atoms with Gasteiger partial charge in [0.2, 0.25) is 5.91 Å². The number of amides is 1. The normalized spacial score (nSPS) is 18.5. The van der Waals surface area contributed by atoms with E-state index in [-0.39, 0.29) is 12.0 Å². The van der Waals surface area contributed by atoms with Gasteiger partial charge in [-0.05, 0) is 5.92 Å². The molecule has 1 atom stereocenters. The average molecular weight is 379 g/mol. The van der Waals surface area contributed by atoms with Crippen LogP contribution in [0, 0.1) is 5.92 Å². The van der Waals surface area contributed by atoms with Crippen molar-refractivity contribution in [3.63, 3.8) is 0 Å². The molecule has 0 aliphatic carbocycles. The summed E-state index contributed by atoms with van der Waals surface area (Å²) in [5.41, 5.74) is 0.767. The molecule has 142 valence electrons. The van der Waals surface area contributed by atoms with E-state index in [1.165, 1.54) is 18.1 Å². The highest BCUT2D eigenvalue weighted by molar-refractivity contribution is 8.00. The van der Waals surface area contributed by atoms with E-state index in [0.717, 1.165) is 42.3 Å². The van der Waals surface area contributed by atoms with Gasteiger partial charge in [-0.3, -0.25) is 14.4 Å². The fourth-order valence-corrected chi connectivity index (χ4v) is 3.85. The Hall–Kier alpha value is -1.71. The standard InChI is InChI=1S/C17H26N6O2S/c1-12(2)8-23-4-5-25-13(9-23)6-18-15(24)10-26-17-14-7-21-22(3)16(14)19-11-20-17/h7,11-13H,4-6,8-10H2,1-3H3,(H,18,24). The van der Waals surface area contributed by atoms with Crippen LogP contribution in [0.1, 0.15) is 13.8 Å². The minimum absolute atomic E-state index is 0.0183. The third-order valence-electron chi connectivity index (χ3n) is 4.21. The molecule has 3 rings (SSSR count). The van der Waals surface area contributed by atoms with Crippen molar-refractivity contribution >= 4 is 28.7 Å². The lowest BCUT2D eigenvalue weighted by Crippen LogP contribution is -2.48. The van der Waals surface area contributed by atoms with E-state index in [1.807, 2.05) is 7.05 Å². The van der Waals surface area contributed by atoms with Crippen molar-refractivity contribution in [2.24, 2.45) is 13.0 Å². The van der Waals surface area contributed by atoms with Gasteiger partial charge in [0.05, 0.1) is 30.0 Å². The Morgan fingerprint density at radius 1 is 1.46 bits per heavy atom. The minimum atomic E-state index is -0.0183. The highest BCUT2D eigenvalue weighted by atomic mass is 32.2. The quantitative estimate of drug-likeness (QED) is 0.567. The molecule has 1 saturated heterocycles. The SMILES string of the molecule is CC(C)CN1CCOC(CNC(=O)CSc2ncnc3c2cnn3C)C1. The van der Waals surface area contributed by atoms with Crippen LogP contribution in [0.25, 0.3) is 11.0 Å². The van der Waals surface area contributed by atoms with Gasteiger partial charge in [-0.15, -0.1) is 0 Å². The fourth-order valence-electron chi connectivity index (χ4n) is 3.05. The van der Waals surface area contributed by atoms with Gasteiger partial charge in [0.15, 0.2) is 5.65 Å². The van der Waals surface area contributed by atoms with Crippen LogP contribution in [0.15, 0.2) is 17.6 Å². The molecule has 9 heteroatoms. The maximum Gasteiger partial charge on any atom is 0.230 e. The number of fused-ring (bicyclic) bond motifs is 1. The molecule has 8 nitrogen and oxygen atoms in total. The Labute approximate surface area is 157 Å². The zero-order chi connectivity index (χ0) is 18.5. The van der Waals surface area contributed by atoms with Gasteiger partial charge in [-0.2, -0.15) is 5.10 Å². The van der Waals surface area contributed by atoms with Crippen LogP contribution in [0.5, 0.6) is 0 Å². The van der Waals surface area contributed by atoms with E-state index in [0.29, 0.717) is 18.2 Å². The number of hydrogen-bond acceptors (Lipinski definition) is 7. The zero-order valence-electron chi connectivity index (χ0n) is 15.5. The fraction of sp³-hybridized carbons (Fsp3) is 0.647. The van der Waals surface area contributed by atoms with Crippen molar-refractivity contribution < 1.29 is 9.53 Å². The Balaban J connectivity index is 1.45. The van der Waals surface area contributed by atoms with Gasteiger partial charge in [0, 0.05) is 33.2 Å². The summed E-state index contributed by atoms with van der Waals surface area (Å²) in [5, 5.41) is 8.80. The van der Waals surface area contributed by atoms with E-state index >= 15 is 0 Å². The van der Waals surface area contributed by atoms with Crippen molar-refractivity contribution in [1.82, 2.24) is 30.0 Å². The van der Waals surface area contributed by atoms with Crippen LogP contribution in [-0.4, -0.2) is 75.2 Å². The highest BCUT2D eigenvalue weighted by Crippen LogP contribution is 2.23. The molecule has 1 N–H and O–H groups in total. The van der Waals surface area contributed by atoms with E-state index in [2.05, 4.69) is 39.1 Å². The second-order valence-corrected chi connectivity index (χ2v) is 7.89. The minimum Gasteiger partial charge on any atom is -0.374 e. The van der Waals surface area contributed by atoms with E-state index in [1.54, 1.807) is 10.9 Å². The molecule has 0 spiro atoms. The van der Waals surface area contributed by atoms with E-state index in [4.69, 9.17) is 4.74 Å². The maximum atomic E-state index is 12.2.